The van der Waals surface area contributed by atoms with E-state index < -0.39 is 5.97 Å². The van der Waals surface area contributed by atoms with Crippen LogP contribution in [0.1, 0.15) is 20.3 Å². The summed E-state index contributed by atoms with van der Waals surface area (Å²) in [5, 5.41) is 8.88. The minimum atomic E-state index is -0.893. The summed E-state index contributed by atoms with van der Waals surface area (Å²) in [7, 11) is 1.57. The second-order valence-corrected chi connectivity index (χ2v) is 3.01. The summed E-state index contributed by atoms with van der Waals surface area (Å²) in [5.41, 5.74) is 1.18. The molecule has 3 heteroatoms. The maximum atomic E-state index is 10.8. The van der Waals surface area contributed by atoms with Gasteiger partial charge in [0.05, 0.1) is 6.10 Å². The van der Waals surface area contributed by atoms with E-state index in [1.54, 1.807) is 19.3 Å². The van der Waals surface area contributed by atoms with Crippen LogP contribution in [0.2, 0.25) is 0 Å². The number of carboxylic acid groups (broad SMARTS) is 1. The standard InChI is InChI=1S/C12H18O3/c1-5-9(11(7-3)15-4)8-10(6-2)12(13)14/h5,7-8,11H,3,6H2,1-2,4H3,(H,13,14)/b9-5+,10-8+. The second kappa shape index (κ2) is 7.01. The fourth-order valence-electron chi connectivity index (χ4n) is 1.21. The molecule has 0 heterocycles. The van der Waals surface area contributed by atoms with Gasteiger partial charge in [-0.25, -0.2) is 4.79 Å². The largest absolute Gasteiger partial charge is 0.478 e. The first-order valence-electron chi connectivity index (χ1n) is 4.86. The van der Waals surface area contributed by atoms with Crippen molar-refractivity contribution in [2.75, 3.05) is 7.11 Å². The fraction of sp³-hybridized carbons (Fsp3) is 0.417. The van der Waals surface area contributed by atoms with Gasteiger partial charge in [-0.2, -0.15) is 0 Å². The third-order valence-electron chi connectivity index (χ3n) is 2.13. The number of ether oxygens (including phenoxy) is 1. The number of carboxylic acids is 1. The van der Waals surface area contributed by atoms with Crippen LogP contribution in [0, 0.1) is 0 Å². The number of rotatable bonds is 6. The summed E-state index contributed by atoms with van der Waals surface area (Å²) in [6, 6.07) is 0. The van der Waals surface area contributed by atoms with E-state index in [9.17, 15) is 4.79 Å². The summed E-state index contributed by atoms with van der Waals surface area (Å²) in [4.78, 5) is 10.8. The third-order valence-corrected chi connectivity index (χ3v) is 2.13. The van der Waals surface area contributed by atoms with Crippen LogP contribution in [0.25, 0.3) is 0 Å². The molecule has 1 atom stereocenters. The number of carbonyl (C=O) groups is 1. The van der Waals surface area contributed by atoms with Gasteiger partial charge in [0, 0.05) is 12.7 Å². The van der Waals surface area contributed by atoms with Gasteiger partial charge in [-0.3, -0.25) is 0 Å². The normalized spacial score (nSPS) is 14.9. The van der Waals surface area contributed by atoms with E-state index in [1.165, 1.54) is 0 Å². The highest BCUT2D eigenvalue weighted by atomic mass is 16.5. The van der Waals surface area contributed by atoms with Gasteiger partial charge in [0.1, 0.15) is 0 Å². The molecule has 0 aliphatic heterocycles. The molecule has 0 saturated carbocycles. The zero-order valence-corrected chi connectivity index (χ0v) is 9.49. The van der Waals surface area contributed by atoms with E-state index in [0.29, 0.717) is 12.0 Å². The minimum Gasteiger partial charge on any atom is -0.478 e. The molecular weight excluding hydrogens is 192 g/mol. The molecule has 84 valence electrons. The molecule has 0 saturated heterocycles. The van der Waals surface area contributed by atoms with Crippen molar-refractivity contribution in [3.8, 4) is 0 Å². The third kappa shape index (κ3) is 4.13. The molecule has 0 rings (SSSR count). The lowest BCUT2D eigenvalue weighted by atomic mass is 10.0. The van der Waals surface area contributed by atoms with Crippen LogP contribution in [0.3, 0.4) is 0 Å². The van der Waals surface area contributed by atoms with Crippen molar-refractivity contribution in [1.29, 1.82) is 0 Å². The van der Waals surface area contributed by atoms with E-state index in [1.807, 2.05) is 19.9 Å². The van der Waals surface area contributed by atoms with Crippen molar-refractivity contribution in [1.82, 2.24) is 0 Å². The van der Waals surface area contributed by atoms with E-state index in [0.717, 1.165) is 5.57 Å². The number of allylic oxidation sites excluding steroid dienone is 1. The molecule has 0 aliphatic rings. The highest BCUT2D eigenvalue weighted by molar-refractivity contribution is 5.87. The Morgan fingerprint density at radius 3 is 2.47 bits per heavy atom. The smallest absolute Gasteiger partial charge is 0.331 e. The lowest BCUT2D eigenvalue weighted by Crippen LogP contribution is -2.10. The van der Waals surface area contributed by atoms with Gasteiger partial charge in [-0.15, -0.1) is 6.58 Å². The van der Waals surface area contributed by atoms with E-state index in [-0.39, 0.29) is 6.10 Å². The lowest BCUT2D eigenvalue weighted by Gasteiger charge is -2.12. The maximum Gasteiger partial charge on any atom is 0.331 e. The molecular formula is C12H18O3. The van der Waals surface area contributed by atoms with Gasteiger partial charge in [0.25, 0.3) is 0 Å². The molecule has 0 bridgehead atoms. The fourth-order valence-corrected chi connectivity index (χ4v) is 1.21. The zero-order valence-electron chi connectivity index (χ0n) is 9.49. The van der Waals surface area contributed by atoms with E-state index in [4.69, 9.17) is 9.84 Å². The molecule has 0 aromatic rings. The van der Waals surface area contributed by atoms with Gasteiger partial charge in [0.2, 0.25) is 0 Å². The van der Waals surface area contributed by atoms with Crippen molar-refractivity contribution in [3.05, 3.63) is 36.0 Å². The Morgan fingerprint density at radius 2 is 2.20 bits per heavy atom. The predicted octanol–water partition coefficient (Wildman–Crippen LogP) is 2.55. The summed E-state index contributed by atoms with van der Waals surface area (Å²) in [6.45, 7) is 7.29. The molecule has 0 radical (unpaired) electrons. The SMILES string of the molecule is C=CC(OC)C(/C=C(\CC)C(=O)O)=C/C. The summed E-state index contributed by atoms with van der Waals surface area (Å²) in [5.74, 6) is -0.893. The molecule has 0 aromatic heterocycles. The first kappa shape index (κ1) is 13.7. The zero-order chi connectivity index (χ0) is 11.8. The lowest BCUT2D eigenvalue weighted by molar-refractivity contribution is -0.132. The van der Waals surface area contributed by atoms with Crippen molar-refractivity contribution in [2.45, 2.75) is 26.4 Å². The Balaban J connectivity index is 4.99. The average Bonchev–Trinajstić information content (AvgIpc) is 2.23. The molecule has 0 spiro atoms. The summed E-state index contributed by atoms with van der Waals surface area (Å²) in [6.07, 6.45) is 5.34. The molecule has 1 unspecified atom stereocenters. The number of methoxy groups -OCH3 is 1. The Bertz CT molecular complexity index is 287. The summed E-state index contributed by atoms with van der Waals surface area (Å²) >= 11 is 0. The van der Waals surface area contributed by atoms with Crippen molar-refractivity contribution < 1.29 is 14.6 Å². The van der Waals surface area contributed by atoms with Gasteiger partial charge >= 0.3 is 5.97 Å². The van der Waals surface area contributed by atoms with Crippen LogP contribution < -0.4 is 0 Å². The van der Waals surface area contributed by atoms with Crippen LogP contribution in [0.4, 0.5) is 0 Å². The molecule has 0 fully saturated rings. The highest BCUT2D eigenvalue weighted by Gasteiger charge is 2.10. The van der Waals surface area contributed by atoms with Crippen LogP contribution >= 0.6 is 0 Å². The molecule has 0 aromatic carbocycles. The molecule has 1 N–H and O–H groups in total. The van der Waals surface area contributed by atoms with E-state index in [2.05, 4.69) is 6.58 Å². The van der Waals surface area contributed by atoms with Crippen LogP contribution in [-0.2, 0) is 9.53 Å². The number of aliphatic carboxylic acids is 1. The van der Waals surface area contributed by atoms with Crippen molar-refractivity contribution >= 4 is 5.97 Å². The minimum absolute atomic E-state index is 0.254. The van der Waals surface area contributed by atoms with Gasteiger partial charge in [-0.05, 0) is 25.0 Å². The highest BCUT2D eigenvalue weighted by Crippen LogP contribution is 2.13. The van der Waals surface area contributed by atoms with Crippen molar-refractivity contribution in [2.24, 2.45) is 0 Å². The molecule has 3 nitrogen and oxygen atoms in total. The van der Waals surface area contributed by atoms with E-state index >= 15 is 0 Å². The second-order valence-electron chi connectivity index (χ2n) is 3.01. The first-order valence-corrected chi connectivity index (χ1v) is 4.86. The predicted molar refractivity (Wildman–Crippen MR) is 60.8 cm³/mol. The Labute approximate surface area is 90.8 Å². The van der Waals surface area contributed by atoms with Crippen LogP contribution in [0.5, 0.6) is 0 Å². The average molecular weight is 210 g/mol. The maximum absolute atomic E-state index is 10.8. The topological polar surface area (TPSA) is 46.5 Å². The van der Waals surface area contributed by atoms with Crippen molar-refractivity contribution in [3.63, 3.8) is 0 Å². The summed E-state index contributed by atoms with van der Waals surface area (Å²) < 4.78 is 5.15. The molecule has 0 aliphatic carbocycles. The first-order chi connectivity index (χ1) is 7.10. The van der Waals surface area contributed by atoms with Crippen LogP contribution in [0.15, 0.2) is 36.0 Å². The van der Waals surface area contributed by atoms with Crippen LogP contribution in [-0.4, -0.2) is 24.3 Å². The van der Waals surface area contributed by atoms with Gasteiger partial charge in [-0.1, -0.05) is 19.1 Å². The van der Waals surface area contributed by atoms with Gasteiger partial charge in [0.15, 0.2) is 0 Å². The number of hydrogen-bond acceptors (Lipinski definition) is 2. The molecule has 0 amide bonds. The monoisotopic (exact) mass is 210 g/mol. The quantitative estimate of drug-likeness (QED) is 0.416. The Morgan fingerprint density at radius 1 is 1.60 bits per heavy atom. The Kier molecular flexibility index (Phi) is 6.38. The number of hydrogen-bond donors (Lipinski definition) is 1. The molecule has 15 heavy (non-hydrogen) atoms. The Hall–Kier alpha value is -1.35. The van der Waals surface area contributed by atoms with Gasteiger partial charge < -0.3 is 9.84 Å².